The van der Waals surface area contributed by atoms with Crippen LogP contribution < -0.4 is 11.1 Å². The lowest BCUT2D eigenvalue weighted by Crippen LogP contribution is -2.45. The fourth-order valence-electron chi connectivity index (χ4n) is 2.97. The number of benzene rings is 2. The van der Waals surface area contributed by atoms with Gasteiger partial charge in [0.15, 0.2) is 0 Å². The summed E-state index contributed by atoms with van der Waals surface area (Å²) < 4.78 is 0. The number of fused-ring (bicyclic) bond motifs is 1. The highest BCUT2D eigenvalue weighted by Crippen LogP contribution is 2.31. The van der Waals surface area contributed by atoms with E-state index in [1.165, 1.54) is 0 Å². The van der Waals surface area contributed by atoms with Crippen LogP contribution in [0.2, 0.25) is 0 Å². The van der Waals surface area contributed by atoms with Crippen LogP contribution in [0.4, 0.5) is 0 Å². The van der Waals surface area contributed by atoms with Gasteiger partial charge in [0.2, 0.25) is 5.91 Å². The third-order valence-electron chi connectivity index (χ3n) is 4.14. The molecule has 2 aromatic rings. The molecule has 0 saturated carbocycles. The molecule has 4 N–H and O–H groups in total. The van der Waals surface area contributed by atoms with Crippen molar-refractivity contribution in [2.75, 3.05) is 0 Å². The third-order valence-corrected chi connectivity index (χ3v) is 4.14. The molecule has 1 unspecified atom stereocenters. The van der Waals surface area contributed by atoms with Crippen molar-refractivity contribution in [1.82, 2.24) is 5.32 Å². The summed E-state index contributed by atoms with van der Waals surface area (Å²) in [7, 11) is 0. The molecule has 1 amide bonds. The van der Waals surface area contributed by atoms with Gasteiger partial charge in [-0.05, 0) is 23.1 Å². The molecule has 0 heterocycles. The second kappa shape index (κ2) is 6.30. The van der Waals surface area contributed by atoms with Crippen molar-refractivity contribution in [3.8, 4) is 0 Å². The first kappa shape index (κ1) is 14.8. The van der Waals surface area contributed by atoms with Crippen LogP contribution in [0.25, 0.3) is 0 Å². The number of amides is 1. The maximum absolute atomic E-state index is 12.3. The predicted molar refractivity (Wildman–Crippen MR) is 85.2 cm³/mol. The summed E-state index contributed by atoms with van der Waals surface area (Å²) in [5.41, 5.74) is 9.09. The molecule has 3 rings (SSSR count). The molecular formula is C18H20N2O2. The standard InChI is InChI=1S/C18H20N2O2/c19-15(10-12-6-2-1-3-7-12)18(22)20-17-14-9-5-4-8-13(14)11-16(17)21/h1-9,15-17,21H,10-11,19H2,(H,20,22)/t15?,16-,17+/m1/s1. The van der Waals surface area contributed by atoms with E-state index < -0.39 is 12.1 Å². The molecule has 0 saturated heterocycles. The first-order valence-corrected chi connectivity index (χ1v) is 7.51. The SMILES string of the molecule is NC(Cc1ccccc1)C(=O)N[C@H]1c2ccccc2C[C@H]1O. The minimum atomic E-state index is -0.623. The van der Waals surface area contributed by atoms with Crippen LogP contribution in [0.15, 0.2) is 54.6 Å². The zero-order valence-electron chi connectivity index (χ0n) is 12.3. The number of rotatable bonds is 4. The van der Waals surface area contributed by atoms with Crippen LogP contribution in [-0.4, -0.2) is 23.2 Å². The van der Waals surface area contributed by atoms with Crippen LogP contribution in [-0.2, 0) is 17.6 Å². The number of aliphatic hydroxyl groups excluding tert-OH is 1. The van der Waals surface area contributed by atoms with E-state index >= 15 is 0 Å². The number of hydrogen-bond acceptors (Lipinski definition) is 3. The van der Waals surface area contributed by atoms with Crippen LogP contribution in [0.3, 0.4) is 0 Å². The molecule has 1 aliphatic carbocycles. The monoisotopic (exact) mass is 296 g/mol. The van der Waals surface area contributed by atoms with E-state index in [1.54, 1.807) is 0 Å². The van der Waals surface area contributed by atoms with E-state index in [1.807, 2.05) is 54.6 Å². The van der Waals surface area contributed by atoms with E-state index in [0.29, 0.717) is 12.8 Å². The van der Waals surface area contributed by atoms with Crippen molar-refractivity contribution in [2.24, 2.45) is 5.73 Å². The third kappa shape index (κ3) is 3.03. The van der Waals surface area contributed by atoms with Gasteiger partial charge >= 0.3 is 0 Å². The van der Waals surface area contributed by atoms with Gasteiger partial charge < -0.3 is 16.2 Å². The van der Waals surface area contributed by atoms with Gasteiger partial charge in [-0.2, -0.15) is 0 Å². The molecule has 4 heteroatoms. The highest BCUT2D eigenvalue weighted by molar-refractivity contribution is 5.82. The van der Waals surface area contributed by atoms with Gasteiger partial charge in [0, 0.05) is 6.42 Å². The number of nitrogens with one attached hydrogen (secondary N) is 1. The zero-order valence-corrected chi connectivity index (χ0v) is 12.3. The number of carbonyl (C=O) groups is 1. The molecule has 0 aromatic heterocycles. The molecule has 0 bridgehead atoms. The average Bonchev–Trinajstić information content (AvgIpc) is 2.84. The molecule has 22 heavy (non-hydrogen) atoms. The van der Waals surface area contributed by atoms with Gasteiger partial charge in [-0.1, -0.05) is 54.6 Å². The molecule has 4 nitrogen and oxygen atoms in total. The molecule has 0 fully saturated rings. The van der Waals surface area contributed by atoms with Gasteiger partial charge in [0.1, 0.15) is 0 Å². The normalized spacial score (nSPS) is 21.2. The molecule has 2 aromatic carbocycles. The van der Waals surface area contributed by atoms with E-state index in [2.05, 4.69) is 5.32 Å². The minimum Gasteiger partial charge on any atom is -0.390 e. The van der Waals surface area contributed by atoms with Crippen molar-refractivity contribution < 1.29 is 9.90 Å². The van der Waals surface area contributed by atoms with Gasteiger partial charge in [0.05, 0.1) is 18.2 Å². The summed E-state index contributed by atoms with van der Waals surface area (Å²) in [5.74, 6) is -0.232. The second-order valence-electron chi connectivity index (χ2n) is 5.75. The lowest BCUT2D eigenvalue weighted by atomic mass is 10.0. The Morgan fingerprint density at radius 3 is 2.64 bits per heavy atom. The van der Waals surface area contributed by atoms with Gasteiger partial charge in [-0.15, -0.1) is 0 Å². The Morgan fingerprint density at radius 1 is 1.18 bits per heavy atom. The molecule has 0 spiro atoms. The molecular weight excluding hydrogens is 276 g/mol. The van der Waals surface area contributed by atoms with Crippen molar-refractivity contribution in [3.05, 3.63) is 71.3 Å². The smallest absolute Gasteiger partial charge is 0.237 e. The Kier molecular flexibility index (Phi) is 4.22. The van der Waals surface area contributed by atoms with E-state index in [-0.39, 0.29) is 11.9 Å². The number of aliphatic hydroxyl groups is 1. The second-order valence-corrected chi connectivity index (χ2v) is 5.75. The number of hydrogen-bond donors (Lipinski definition) is 3. The number of nitrogens with two attached hydrogens (primary N) is 1. The molecule has 114 valence electrons. The summed E-state index contributed by atoms with van der Waals surface area (Å²) in [6.45, 7) is 0. The minimum absolute atomic E-state index is 0.232. The van der Waals surface area contributed by atoms with Crippen molar-refractivity contribution >= 4 is 5.91 Å². The van der Waals surface area contributed by atoms with Crippen LogP contribution in [0, 0.1) is 0 Å². The molecule has 0 aliphatic heterocycles. The Morgan fingerprint density at radius 2 is 1.86 bits per heavy atom. The van der Waals surface area contributed by atoms with Crippen LogP contribution >= 0.6 is 0 Å². The summed E-state index contributed by atoms with van der Waals surface area (Å²) >= 11 is 0. The highest BCUT2D eigenvalue weighted by atomic mass is 16.3. The zero-order chi connectivity index (χ0) is 15.5. The summed E-state index contributed by atoms with van der Waals surface area (Å²) in [4.78, 5) is 12.3. The number of carbonyl (C=O) groups excluding carboxylic acids is 1. The summed E-state index contributed by atoms with van der Waals surface area (Å²) in [6, 6.07) is 16.5. The van der Waals surface area contributed by atoms with Crippen LogP contribution in [0.5, 0.6) is 0 Å². The lowest BCUT2D eigenvalue weighted by Gasteiger charge is -2.20. The maximum atomic E-state index is 12.3. The largest absolute Gasteiger partial charge is 0.390 e. The topological polar surface area (TPSA) is 75.4 Å². The van der Waals surface area contributed by atoms with Crippen LogP contribution in [0.1, 0.15) is 22.7 Å². The Bertz CT molecular complexity index is 657. The highest BCUT2D eigenvalue weighted by Gasteiger charge is 2.32. The van der Waals surface area contributed by atoms with Crippen molar-refractivity contribution in [2.45, 2.75) is 31.0 Å². The first-order chi connectivity index (χ1) is 10.6. The van der Waals surface area contributed by atoms with E-state index in [0.717, 1.165) is 16.7 Å². The van der Waals surface area contributed by atoms with E-state index in [4.69, 9.17) is 5.73 Å². The Hall–Kier alpha value is -2.17. The van der Waals surface area contributed by atoms with Gasteiger partial charge in [-0.25, -0.2) is 0 Å². The average molecular weight is 296 g/mol. The van der Waals surface area contributed by atoms with Gasteiger partial charge in [0.25, 0.3) is 0 Å². The Labute approximate surface area is 130 Å². The fraction of sp³-hybridized carbons (Fsp3) is 0.278. The first-order valence-electron chi connectivity index (χ1n) is 7.51. The van der Waals surface area contributed by atoms with Gasteiger partial charge in [-0.3, -0.25) is 4.79 Å². The molecule has 0 radical (unpaired) electrons. The van der Waals surface area contributed by atoms with E-state index in [9.17, 15) is 9.90 Å². The fourth-order valence-corrected chi connectivity index (χ4v) is 2.97. The molecule has 3 atom stereocenters. The quantitative estimate of drug-likeness (QED) is 0.797. The Balaban J connectivity index is 1.67. The molecule has 1 aliphatic rings. The predicted octanol–water partition coefficient (Wildman–Crippen LogP) is 1.33. The summed E-state index contributed by atoms with van der Waals surface area (Å²) in [5, 5.41) is 13.1. The van der Waals surface area contributed by atoms with Crippen molar-refractivity contribution in [1.29, 1.82) is 0 Å². The maximum Gasteiger partial charge on any atom is 0.237 e. The lowest BCUT2D eigenvalue weighted by molar-refractivity contribution is -0.123. The van der Waals surface area contributed by atoms with Crippen molar-refractivity contribution in [3.63, 3.8) is 0 Å². The summed E-state index contributed by atoms with van der Waals surface area (Å²) in [6.07, 6.45) is 0.455.